The summed E-state index contributed by atoms with van der Waals surface area (Å²) < 4.78 is 44.2. The van der Waals surface area contributed by atoms with E-state index in [9.17, 15) is 22.7 Å². The lowest BCUT2D eigenvalue weighted by atomic mass is 10.2. The summed E-state index contributed by atoms with van der Waals surface area (Å²) in [5, 5.41) is 9.27. The zero-order chi connectivity index (χ0) is 15.8. The fourth-order valence-corrected chi connectivity index (χ4v) is 4.16. The number of halogens is 2. The highest BCUT2D eigenvalue weighted by atomic mass is 35.5. The summed E-state index contributed by atoms with van der Waals surface area (Å²) in [6.07, 6.45) is -1.13. The zero-order valence-corrected chi connectivity index (χ0v) is 12.6. The van der Waals surface area contributed by atoms with Crippen molar-refractivity contribution in [1.82, 2.24) is 4.31 Å². The van der Waals surface area contributed by atoms with Crippen molar-refractivity contribution in [2.75, 3.05) is 13.7 Å². The molecule has 0 aromatic heterocycles. The predicted molar refractivity (Wildman–Crippen MR) is 71.7 cm³/mol. The van der Waals surface area contributed by atoms with Gasteiger partial charge < -0.3 is 9.84 Å². The van der Waals surface area contributed by atoms with Crippen LogP contribution in [0.3, 0.4) is 0 Å². The van der Waals surface area contributed by atoms with Gasteiger partial charge in [0.25, 0.3) is 0 Å². The maximum Gasteiger partial charge on any atom is 0.324 e. The van der Waals surface area contributed by atoms with Crippen LogP contribution in [0.2, 0.25) is 5.02 Å². The second kappa shape index (κ2) is 5.88. The van der Waals surface area contributed by atoms with Gasteiger partial charge in [-0.1, -0.05) is 17.7 Å². The van der Waals surface area contributed by atoms with E-state index in [-0.39, 0.29) is 18.0 Å². The van der Waals surface area contributed by atoms with E-state index in [0.29, 0.717) is 0 Å². The fraction of sp³-hybridized carbons (Fsp3) is 0.417. The van der Waals surface area contributed by atoms with Gasteiger partial charge in [0.1, 0.15) is 10.9 Å². The molecule has 2 unspecified atom stereocenters. The first-order valence-corrected chi connectivity index (χ1v) is 7.82. The minimum atomic E-state index is -4.32. The van der Waals surface area contributed by atoms with Gasteiger partial charge in [0.2, 0.25) is 10.0 Å². The van der Waals surface area contributed by atoms with E-state index in [2.05, 4.69) is 4.74 Å². The third-order valence-electron chi connectivity index (χ3n) is 3.21. The van der Waals surface area contributed by atoms with Gasteiger partial charge in [-0.3, -0.25) is 4.79 Å². The molecule has 0 saturated carbocycles. The number of esters is 1. The van der Waals surface area contributed by atoms with Crippen LogP contribution in [0.15, 0.2) is 23.1 Å². The molecule has 6 nitrogen and oxygen atoms in total. The number of carbonyl (C=O) groups excluding carboxylic acids is 1. The van der Waals surface area contributed by atoms with Crippen molar-refractivity contribution in [3.63, 3.8) is 0 Å². The Labute approximate surface area is 126 Å². The number of β-amino-alcohol motifs (C(OH)–C–C–N with tert-alkyl or cyclic N) is 1. The van der Waals surface area contributed by atoms with Crippen molar-refractivity contribution in [3.8, 4) is 0 Å². The second-order valence-electron chi connectivity index (χ2n) is 4.56. The number of hydrogen-bond donors (Lipinski definition) is 1. The first-order chi connectivity index (χ1) is 9.78. The number of sulfonamides is 1. The molecule has 1 aliphatic rings. The Morgan fingerprint density at radius 1 is 1.52 bits per heavy atom. The maximum atomic E-state index is 13.9. The van der Waals surface area contributed by atoms with Gasteiger partial charge in [0, 0.05) is 13.0 Å². The Bertz CT molecular complexity index is 666. The van der Waals surface area contributed by atoms with Gasteiger partial charge in [0.05, 0.1) is 18.2 Å². The summed E-state index contributed by atoms with van der Waals surface area (Å²) in [5.41, 5.74) is 0. The average molecular weight is 338 g/mol. The number of rotatable bonds is 3. The molecule has 1 aromatic rings. The van der Waals surface area contributed by atoms with Crippen LogP contribution >= 0.6 is 11.6 Å². The highest BCUT2D eigenvalue weighted by molar-refractivity contribution is 7.89. The molecule has 0 radical (unpaired) electrons. The van der Waals surface area contributed by atoms with Crippen molar-refractivity contribution < 1.29 is 27.4 Å². The van der Waals surface area contributed by atoms with Crippen molar-refractivity contribution in [2.24, 2.45) is 0 Å². The molecule has 1 fully saturated rings. The summed E-state index contributed by atoms with van der Waals surface area (Å²) in [5.74, 6) is -1.90. The van der Waals surface area contributed by atoms with Crippen LogP contribution in [-0.2, 0) is 19.6 Å². The summed E-state index contributed by atoms with van der Waals surface area (Å²) in [6.45, 7) is -0.311. The Morgan fingerprint density at radius 3 is 2.81 bits per heavy atom. The Balaban J connectivity index is 2.47. The lowest BCUT2D eigenvalue weighted by molar-refractivity contribution is -0.144. The van der Waals surface area contributed by atoms with E-state index in [0.717, 1.165) is 17.5 Å². The summed E-state index contributed by atoms with van der Waals surface area (Å²) in [4.78, 5) is 11.0. The van der Waals surface area contributed by atoms with Gasteiger partial charge in [-0.15, -0.1) is 0 Å². The van der Waals surface area contributed by atoms with E-state index >= 15 is 0 Å². The van der Waals surface area contributed by atoms with Crippen LogP contribution in [0.1, 0.15) is 6.42 Å². The smallest absolute Gasteiger partial charge is 0.324 e. The summed E-state index contributed by atoms with van der Waals surface area (Å²) >= 11 is 5.58. The van der Waals surface area contributed by atoms with Gasteiger partial charge in [-0.05, 0) is 12.1 Å². The number of aliphatic hydroxyl groups is 1. The number of ether oxygens (including phenoxy) is 1. The fourth-order valence-electron chi connectivity index (χ4n) is 2.21. The number of carbonyl (C=O) groups is 1. The molecule has 9 heteroatoms. The molecule has 1 aromatic carbocycles. The van der Waals surface area contributed by atoms with Gasteiger partial charge in [-0.2, -0.15) is 4.31 Å². The molecule has 1 heterocycles. The van der Waals surface area contributed by atoms with Gasteiger partial charge >= 0.3 is 5.97 Å². The lowest BCUT2D eigenvalue weighted by Gasteiger charge is -2.22. The number of benzene rings is 1. The molecule has 0 aliphatic carbocycles. The third kappa shape index (κ3) is 2.89. The molecule has 0 bridgehead atoms. The van der Waals surface area contributed by atoms with Crippen molar-refractivity contribution in [1.29, 1.82) is 0 Å². The molecule has 0 spiro atoms. The molecule has 1 N–H and O–H groups in total. The molecule has 1 saturated heterocycles. The maximum absolute atomic E-state index is 13.9. The van der Waals surface area contributed by atoms with Gasteiger partial charge in [0.15, 0.2) is 5.82 Å². The molecule has 2 atom stereocenters. The van der Waals surface area contributed by atoms with E-state index in [1.54, 1.807) is 0 Å². The van der Waals surface area contributed by atoms with Crippen molar-refractivity contribution >= 4 is 27.6 Å². The number of methoxy groups -OCH3 is 1. The summed E-state index contributed by atoms with van der Waals surface area (Å²) in [6, 6.07) is 2.37. The Morgan fingerprint density at radius 2 is 2.19 bits per heavy atom. The Kier molecular flexibility index (Phi) is 4.52. The predicted octanol–water partition coefficient (Wildman–Crippen LogP) is 0.776. The average Bonchev–Trinajstić information content (AvgIpc) is 2.83. The normalized spacial score (nSPS) is 23.2. The number of nitrogens with zero attached hydrogens (tertiary/aromatic N) is 1. The van der Waals surface area contributed by atoms with Crippen LogP contribution < -0.4 is 0 Å². The monoisotopic (exact) mass is 337 g/mol. The van der Waals surface area contributed by atoms with Crippen LogP contribution in [0.5, 0.6) is 0 Å². The van der Waals surface area contributed by atoms with E-state index in [4.69, 9.17) is 11.6 Å². The van der Waals surface area contributed by atoms with Crippen LogP contribution in [0.4, 0.5) is 4.39 Å². The first-order valence-electron chi connectivity index (χ1n) is 6.00. The highest BCUT2D eigenvalue weighted by Gasteiger charge is 2.45. The van der Waals surface area contributed by atoms with E-state index < -0.39 is 38.9 Å². The third-order valence-corrected chi connectivity index (χ3v) is 5.39. The largest absolute Gasteiger partial charge is 0.468 e. The summed E-state index contributed by atoms with van der Waals surface area (Å²) in [7, 11) is -3.21. The molecule has 116 valence electrons. The lowest BCUT2D eigenvalue weighted by Crippen LogP contribution is -2.41. The van der Waals surface area contributed by atoms with Crippen LogP contribution in [-0.4, -0.2) is 49.6 Å². The second-order valence-corrected chi connectivity index (χ2v) is 6.82. The van der Waals surface area contributed by atoms with E-state index in [1.807, 2.05) is 0 Å². The zero-order valence-electron chi connectivity index (χ0n) is 11.0. The van der Waals surface area contributed by atoms with E-state index in [1.165, 1.54) is 12.1 Å². The SMILES string of the molecule is COC(=O)C1CC(O)CN1S(=O)(=O)c1cccc(Cl)c1F. The topological polar surface area (TPSA) is 83.9 Å². The Hall–Kier alpha value is -1.22. The molecule has 21 heavy (non-hydrogen) atoms. The van der Waals surface area contributed by atoms with Crippen LogP contribution in [0, 0.1) is 5.82 Å². The number of hydrogen-bond acceptors (Lipinski definition) is 5. The molecule has 0 amide bonds. The van der Waals surface area contributed by atoms with Crippen molar-refractivity contribution in [2.45, 2.75) is 23.5 Å². The quantitative estimate of drug-likeness (QED) is 0.824. The number of aliphatic hydroxyl groups excluding tert-OH is 1. The molecule has 1 aliphatic heterocycles. The molecular formula is C12H13ClFNO5S. The van der Waals surface area contributed by atoms with Gasteiger partial charge in [-0.25, -0.2) is 12.8 Å². The highest BCUT2D eigenvalue weighted by Crippen LogP contribution is 2.30. The standard InChI is InChI=1S/C12H13ClFNO5S/c1-20-12(17)9-5-7(16)6-15(9)21(18,19)10-4-2-3-8(13)11(10)14/h2-4,7,9,16H,5-6H2,1H3. The first kappa shape index (κ1) is 16.2. The van der Waals surface area contributed by atoms with Crippen LogP contribution in [0.25, 0.3) is 0 Å². The minimum absolute atomic E-state index is 0.103. The van der Waals surface area contributed by atoms with Crippen molar-refractivity contribution in [3.05, 3.63) is 29.0 Å². The molecular weight excluding hydrogens is 325 g/mol. The minimum Gasteiger partial charge on any atom is -0.468 e. The molecule has 2 rings (SSSR count).